The fraction of sp³-hybridized carbons (Fsp3) is 1.00. The predicted molar refractivity (Wildman–Crippen MR) is 91.4 cm³/mol. The molecule has 0 bridgehead atoms. The number of ether oxygens (including phenoxy) is 1. The quantitative estimate of drug-likeness (QED) is 0.739. The first kappa shape index (κ1) is 19.2. The number of likely N-dealkylation sites (N-methyl/N-ethyl adjacent to an activating group) is 1. The highest BCUT2D eigenvalue weighted by Crippen LogP contribution is 2.18. The van der Waals surface area contributed by atoms with Crippen molar-refractivity contribution in [1.29, 1.82) is 0 Å². The van der Waals surface area contributed by atoms with E-state index >= 15 is 0 Å². The largest absolute Gasteiger partial charge is 0.376 e. The van der Waals surface area contributed by atoms with Gasteiger partial charge in [-0.25, -0.2) is 0 Å². The van der Waals surface area contributed by atoms with Gasteiger partial charge in [0.15, 0.2) is 0 Å². The number of likely N-dealkylation sites (tertiary alicyclic amines) is 1. The van der Waals surface area contributed by atoms with Crippen molar-refractivity contribution in [3.8, 4) is 0 Å². The Morgan fingerprint density at radius 2 is 1.86 bits per heavy atom. The van der Waals surface area contributed by atoms with Gasteiger partial charge in [0.2, 0.25) is 0 Å². The van der Waals surface area contributed by atoms with E-state index in [0.717, 1.165) is 38.7 Å². The minimum absolute atomic E-state index is 0. The molecule has 0 spiro atoms. The van der Waals surface area contributed by atoms with Gasteiger partial charge in [-0.05, 0) is 51.4 Å². The molecule has 0 amide bonds. The van der Waals surface area contributed by atoms with Crippen LogP contribution in [-0.2, 0) is 4.74 Å². The van der Waals surface area contributed by atoms with Crippen LogP contribution < -0.4 is 5.32 Å². The summed E-state index contributed by atoms with van der Waals surface area (Å²) in [7, 11) is 0. The Kier molecular flexibility index (Phi) is 9.85. The molecule has 5 heteroatoms. The Balaban J connectivity index is 0.00000220. The lowest BCUT2D eigenvalue weighted by Crippen LogP contribution is -2.36. The number of nitrogens with one attached hydrogen (secondary N) is 1. The zero-order chi connectivity index (χ0) is 14.2. The Hall–Kier alpha value is 0.130. The third kappa shape index (κ3) is 6.83. The molecule has 2 rings (SSSR count). The number of hydrogen-bond acceptors (Lipinski definition) is 4. The number of nitrogens with zero attached hydrogens (tertiary/aromatic N) is 2. The van der Waals surface area contributed by atoms with E-state index in [4.69, 9.17) is 4.74 Å². The van der Waals surface area contributed by atoms with E-state index in [-0.39, 0.29) is 12.4 Å². The third-order valence-electron chi connectivity index (χ3n) is 4.86. The molecule has 2 saturated heterocycles. The predicted octanol–water partition coefficient (Wildman–Crippen LogP) is 1.84. The number of piperidine rings is 1. The molecule has 2 aliphatic heterocycles. The first-order valence-corrected chi connectivity index (χ1v) is 8.58. The summed E-state index contributed by atoms with van der Waals surface area (Å²) in [6, 6.07) is 0. The van der Waals surface area contributed by atoms with Crippen LogP contribution in [0.15, 0.2) is 0 Å². The molecule has 0 saturated carbocycles. The Labute approximate surface area is 137 Å². The maximum atomic E-state index is 6.06. The van der Waals surface area contributed by atoms with Crippen molar-refractivity contribution in [3.05, 3.63) is 0 Å². The van der Waals surface area contributed by atoms with Crippen LogP contribution in [0.5, 0.6) is 0 Å². The lowest BCUT2D eigenvalue weighted by molar-refractivity contribution is 0.0431. The first-order chi connectivity index (χ1) is 9.81. The fourth-order valence-corrected chi connectivity index (χ4v) is 3.42. The van der Waals surface area contributed by atoms with Gasteiger partial charge < -0.3 is 19.9 Å². The SMILES string of the molecule is CCN(CC)CCOC1CCN(CC2CCNCC2)C1.Cl. The van der Waals surface area contributed by atoms with Crippen molar-refractivity contribution in [2.45, 2.75) is 39.2 Å². The monoisotopic (exact) mass is 319 g/mol. The van der Waals surface area contributed by atoms with Gasteiger partial charge in [-0.2, -0.15) is 0 Å². The molecule has 0 aromatic carbocycles. The molecule has 2 heterocycles. The molecular weight excluding hydrogens is 286 g/mol. The second-order valence-electron chi connectivity index (χ2n) is 6.26. The van der Waals surface area contributed by atoms with E-state index in [2.05, 4.69) is 29.0 Å². The highest BCUT2D eigenvalue weighted by molar-refractivity contribution is 5.85. The molecule has 2 aliphatic rings. The minimum atomic E-state index is 0. The molecule has 1 atom stereocenters. The second-order valence-corrected chi connectivity index (χ2v) is 6.26. The second kappa shape index (κ2) is 10.8. The maximum Gasteiger partial charge on any atom is 0.0714 e. The van der Waals surface area contributed by atoms with Crippen molar-refractivity contribution in [2.75, 3.05) is 59.0 Å². The molecular formula is C16H34ClN3O. The van der Waals surface area contributed by atoms with Crippen LogP contribution in [0.2, 0.25) is 0 Å². The average molecular weight is 320 g/mol. The smallest absolute Gasteiger partial charge is 0.0714 e. The summed E-state index contributed by atoms with van der Waals surface area (Å²) in [5.41, 5.74) is 0. The normalized spacial score (nSPS) is 24.4. The van der Waals surface area contributed by atoms with Crippen LogP contribution in [-0.4, -0.2) is 74.9 Å². The van der Waals surface area contributed by atoms with E-state index < -0.39 is 0 Å². The van der Waals surface area contributed by atoms with Crippen molar-refractivity contribution >= 4 is 12.4 Å². The minimum Gasteiger partial charge on any atom is -0.376 e. The zero-order valence-electron chi connectivity index (χ0n) is 13.9. The summed E-state index contributed by atoms with van der Waals surface area (Å²) < 4.78 is 6.06. The highest BCUT2D eigenvalue weighted by Gasteiger charge is 2.25. The van der Waals surface area contributed by atoms with E-state index in [1.165, 1.54) is 45.4 Å². The average Bonchev–Trinajstić information content (AvgIpc) is 2.92. The molecule has 4 nitrogen and oxygen atoms in total. The van der Waals surface area contributed by atoms with Crippen LogP contribution in [0.25, 0.3) is 0 Å². The summed E-state index contributed by atoms with van der Waals surface area (Å²) in [5.74, 6) is 0.908. The van der Waals surface area contributed by atoms with E-state index in [0.29, 0.717) is 6.10 Å². The van der Waals surface area contributed by atoms with E-state index in [1.54, 1.807) is 0 Å². The van der Waals surface area contributed by atoms with Gasteiger partial charge in [-0.15, -0.1) is 12.4 Å². The Bertz CT molecular complexity index is 258. The standard InChI is InChI=1S/C16H33N3O.ClH/c1-3-18(4-2)11-12-20-16-7-10-19(14-16)13-15-5-8-17-9-6-15;/h15-17H,3-14H2,1-2H3;1H. The first-order valence-electron chi connectivity index (χ1n) is 8.58. The van der Waals surface area contributed by atoms with E-state index in [9.17, 15) is 0 Å². The zero-order valence-corrected chi connectivity index (χ0v) is 14.7. The van der Waals surface area contributed by atoms with Gasteiger partial charge in [0.1, 0.15) is 0 Å². The van der Waals surface area contributed by atoms with Crippen molar-refractivity contribution < 1.29 is 4.74 Å². The van der Waals surface area contributed by atoms with Crippen LogP contribution in [0.1, 0.15) is 33.1 Å². The van der Waals surface area contributed by atoms with Gasteiger partial charge in [-0.1, -0.05) is 13.8 Å². The van der Waals surface area contributed by atoms with Gasteiger partial charge in [0.05, 0.1) is 12.7 Å². The summed E-state index contributed by atoms with van der Waals surface area (Å²) in [4.78, 5) is 5.06. The van der Waals surface area contributed by atoms with Crippen LogP contribution in [0.3, 0.4) is 0 Å². The van der Waals surface area contributed by atoms with Gasteiger partial charge in [0, 0.05) is 26.2 Å². The van der Waals surface area contributed by atoms with Crippen LogP contribution >= 0.6 is 12.4 Å². The van der Waals surface area contributed by atoms with Gasteiger partial charge in [-0.3, -0.25) is 0 Å². The topological polar surface area (TPSA) is 27.7 Å². The van der Waals surface area contributed by atoms with Crippen LogP contribution in [0.4, 0.5) is 0 Å². The molecule has 1 N–H and O–H groups in total. The highest BCUT2D eigenvalue weighted by atomic mass is 35.5. The summed E-state index contributed by atoms with van der Waals surface area (Å²) in [5, 5.41) is 3.45. The number of halogens is 1. The molecule has 21 heavy (non-hydrogen) atoms. The lowest BCUT2D eigenvalue weighted by atomic mass is 9.98. The van der Waals surface area contributed by atoms with E-state index in [1.807, 2.05) is 0 Å². The van der Waals surface area contributed by atoms with Crippen molar-refractivity contribution in [3.63, 3.8) is 0 Å². The third-order valence-corrected chi connectivity index (χ3v) is 4.86. The van der Waals surface area contributed by atoms with Gasteiger partial charge in [0.25, 0.3) is 0 Å². The van der Waals surface area contributed by atoms with Crippen LogP contribution in [0, 0.1) is 5.92 Å². The maximum absolute atomic E-state index is 6.06. The molecule has 0 aromatic rings. The number of hydrogen-bond donors (Lipinski definition) is 1. The summed E-state index contributed by atoms with van der Waals surface area (Å²) >= 11 is 0. The lowest BCUT2D eigenvalue weighted by Gasteiger charge is -2.27. The van der Waals surface area contributed by atoms with Gasteiger partial charge >= 0.3 is 0 Å². The fourth-order valence-electron chi connectivity index (χ4n) is 3.42. The molecule has 0 aliphatic carbocycles. The molecule has 1 unspecified atom stereocenters. The summed E-state index contributed by atoms with van der Waals surface area (Å²) in [6.45, 7) is 14.8. The molecule has 0 radical (unpaired) electrons. The molecule has 2 fully saturated rings. The summed E-state index contributed by atoms with van der Waals surface area (Å²) in [6.07, 6.45) is 4.41. The number of rotatable bonds is 8. The van der Waals surface area contributed by atoms with Crippen molar-refractivity contribution in [1.82, 2.24) is 15.1 Å². The molecule has 0 aromatic heterocycles. The Morgan fingerprint density at radius 3 is 2.52 bits per heavy atom. The Morgan fingerprint density at radius 1 is 1.14 bits per heavy atom. The molecule has 126 valence electrons. The van der Waals surface area contributed by atoms with Crippen molar-refractivity contribution in [2.24, 2.45) is 5.92 Å².